The van der Waals surface area contributed by atoms with Crippen LogP contribution in [0.15, 0.2) is 42.7 Å². The molecule has 0 saturated carbocycles. The normalized spacial score (nSPS) is 25.0. The predicted molar refractivity (Wildman–Crippen MR) is 92.6 cm³/mol. The second kappa shape index (κ2) is 6.78. The second-order valence-corrected chi connectivity index (χ2v) is 6.74. The van der Waals surface area contributed by atoms with E-state index in [-0.39, 0.29) is 12.5 Å². The van der Waals surface area contributed by atoms with Crippen LogP contribution in [0, 0.1) is 0 Å². The Morgan fingerprint density at radius 3 is 2.48 bits per heavy atom. The summed E-state index contributed by atoms with van der Waals surface area (Å²) in [7, 11) is 1.60. The van der Waals surface area contributed by atoms with Crippen molar-refractivity contribution < 1.29 is 14.3 Å². The molecule has 2 fully saturated rings. The first-order valence-corrected chi connectivity index (χ1v) is 8.82. The number of piperidine rings is 1. The molecule has 4 rings (SSSR count). The van der Waals surface area contributed by atoms with Crippen LogP contribution in [0.3, 0.4) is 0 Å². The zero-order valence-corrected chi connectivity index (χ0v) is 14.4. The molecule has 25 heavy (non-hydrogen) atoms. The van der Waals surface area contributed by atoms with Gasteiger partial charge in [0.15, 0.2) is 18.1 Å². The molecule has 2 aliphatic rings. The fourth-order valence-electron chi connectivity index (χ4n) is 4.22. The van der Waals surface area contributed by atoms with Crippen molar-refractivity contribution >= 4 is 5.91 Å². The molecule has 0 aliphatic carbocycles. The lowest BCUT2D eigenvalue weighted by molar-refractivity contribution is -0.138. The lowest BCUT2D eigenvalue weighted by atomic mass is 9.97. The SMILES string of the molecule is COc1ccccc1OCC(=O)N1C2CCC1CC(n1cccn1)C2. The minimum Gasteiger partial charge on any atom is -0.493 e. The molecule has 0 spiro atoms. The van der Waals surface area contributed by atoms with Crippen molar-refractivity contribution in [1.82, 2.24) is 14.7 Å². The summed E-state index contributed by atoms with van der Waals surface area (Å²) >= 11 is 0. The summed E-state index contributed by atoms with van der Waals surface area (Å²) in [5.74, 6) is 1.32. The van der Waals surface area contributed by atoms with Gasteiger partial charge in [-0.05, 0) is 43.9 Å². The molecule has 0 radical (unpaired) electrons. The summed E-state index contributed by atoms with van der Waals surface area (Å²) in [6.45, 7) is 0.0554. The topological polar surface area (TPSA) is 56.6 Å². The van der Waals surface area contributed by atoms with Crippen LogP contribution in [0.1, 0.15) is 31.7 Å². The Balaban J connectivity index is 1.40. The number of nitrogens with zero attached hydrogens (tertiary/aromatic N) is 3. The van der Waals surface area contributed by atoms with Gasteiger partial charge in [-0.1, -0.05) is 12.1 Å². The number of aromatic nitrogens is 2. The van der Waals surface area contributed by atoms with Crippen molar-refractivity contribution in [1.29, 1.82) is 0 Å². The number of amides is 1. The highest BCUT2D eigenvalue weighted by molar-refractivity contribution is 5.79. The van der Waals surface area contributed by atoms with Crippen molar-refractivity contribution in [3.63, 3.8) is 0 Å². The van der Waals surface area contributed by atoms with Crippen molar-refractivity contribution in [2.75, 3.05) is 13.7 Å². The van der Waals surface area contributed by atoms with Gasteiger partial charge in [-0.2, -0.15) is 5.10 Å². The highest BCUT2D eigenvalue weighted by atomic mass is 16.5. The number of methoxy groups -OCH3 is 1. The molecule has 2 saturated heterocycles. The Bertz CT molecular complexity index is 717. The Labute approximate surface area is 147 Å². The van der Waals surface area contributed by atoms with Crippen LogP contribution in [0.4, 0.5) is 0 Å². The maximum Gasteiger partial charge on any atom is 0.261 e. The number of benzene rings is 1. The van der Waals surface area contributed by atoms with E-state index in [9.17, 15) is 4.79 Å². The third-order valence-corrected chi connectivity index (χ3v) is 5.32. The molecule has 1 aromatic heterocycles. The highest BCUT2D eigenvalue weighted by Crippen LogP contribution is 2.40. The van der Waals surface area contributed by atoms with Gasteiger partial charge in [0.2, 0.25) is 0 Å². The van der Waals surface area contributed by atoms with E-state index < -0.39 is 0 Å². The molecule has 1 aromatic carbocycles. The van der Waals surface area contributed by atoms with Crippen LogP contribution >= 0.6 is 0 Å². The van der Waals surface area contributed by atoms with Gasteiger partial charge in [-0.25, -0.2) is 0 Å². The van der Waals surface area contributed by atoms with Crippen LogP contribution in [0.25, 0.3) is 0 Å². The van der Waals surface area contributed by atoms with Crippen molar-refractivity contribution in [3.8, 4) is 11.5 Å². The van der Waals surface area contributed by atoms with E-state index >= 15 is 0 Å². The third-order valence-electron chi connectivity index (χ3n) is 5.32. The molecule has 2 atom stereocenters. The second-order valence-electron chi connectivity index (χ2n) is 6.74. The van der Waals surface area contributed by atoms with Gasteiger partial charge in [0.25, 0.3) is 5.91 Å². The van der Waals surface area contributed by atoms with Crippen LogP contribution in [-0.2, 0) is 4.79 Å². The first kappa shape index (κ1) is 16.0. The number of hydrogen-bond donors (Lipinski definition) is 0. The smallest absolute Gasteiger partial charge is 0.261 e. The number of carbonyl (C=O) groups is 1. The predicted octanol–water partition coefficient (Wildman–Crippen LogP) is 2.67. The molecule has 6 nitrogen and oxygen atoms in total. The van der Waals surface area contributed by atoms with E-state index in [1.165, 1.54) is 0 Å². The largest absolute Gasteiger partial charge is 0.493 e. The highest BCUT2D eigenvalue weighted by Gasteiger charge is 2.43. The van der Waals surface area contributed by atoms with E-state index in [2.05, 4.69) is 10.00 Å². The van der Waals surface area contributed by atoms with Crippen LogP contribution in [0.2, 0.25) is 0 Å². The quantitative estimate of drug-likeness (QED) is 0.839. The van der Waals surface area contributed by atoms with Crippen molar-refractivity contribution in [2.45, 2.75) is 43.8 Å². The lowest BCUT2D eigenvalue weighted by Gasteiger charge is -2.39. The first-order valence-electron chi connectivity index (χ1n) is 8.82. The van der Waals surface area contributed by atoms with Crippen LogP contribution in [-0.4, -0.2) is 46.4 Å². The zero-order valence-electron chi connectivity index (χ0n) is 14.4. The zero-order chi connectivity index (χ0) is 17.2. The number of ether oxygens (including phenoxy) is 2. The molecule has 6 heteroatoms. The average molecular weight is 341 g/mol. The van der Waals surface area contributed by atoms with Gasteiger partial charge < -0.3 is 14.4 Å². The maximum absolute atomic E-state index is 12.8. The maximum atomic E-state index is 12.8. The molecule has 2 aromatic rings. The number of fused-ring (bicyclic) bond motifs is 2. The van der Waals surface area contributed by atoms with Crippen molar-refractivity contribution in [3.05, 3.63) is 42.7 Å². The van der Waals surface area contributed by atoms with Gasteiger partial charge in [0.05, 0.1) is 13.2 Å². The number of carbonyl (C=O) groups excluding carboxylic acids is 1. The van der Waals surface area contributed by atoms with E-state index in [4.69, 9.17) is 9.47 Å². The summed E-state index contributed by atoms with van der Waals surface area (Å²) < 4.78 is 13.0. The van der Waals surface area contributed by atoms with E-state index in [1.54, 1.807) is 7.11 Å². The average Bonchev–Trinajstić information content (AvgIpc) is 3.26. The minimum absolute atomic E-state index is 0.0554. The van der Waals surface area contributed by atoms with Gasteiger partial charge >= 0.3 is 0 Å². The third kappa shape index (κ3) is 3.08. The Kier molecular flexibility index (Phi) is 4.34. The van der Waals surface area contributed by atoms with Crippen molar-refractivity contribution in [2.24, 2.45) is 0 Å². The molecule has 2 bridgehead atoms. The number of para-hydroxylation sites is 2. The molecule has 2 aliphatic heterocycles. The molecule has 3 heterocycles. The van der Waals surface area contributed by atoms with E-state index in [1.807, 2.05) is 47.4 Å². The Morgan fingerprint density at radius 2 is 1.84 bits per heavy atom. The summed E-state index contributed by atoms with van der Waals surface area (Å²) in [4.78, 5) is 14.8. The molecule has 1 amide bonds. The summed E-state index contributed by atoms with van der Waals surface area (Å²) in [6, 6.07) is 10.4. The lowest BCUT2D eigenvalue weighted by Crippen LogP contribution is -2.48. The standard InChI is InChI=1S/C19H23N3O3/c1-24-17-5-2-3-6-18(17)25-13-19(23)22-14-7-8-15(22)12-16(11-14)21-10-4-9-20-21/h2-6,9-10,14-16H,7-8,11-13H2,1H3. The Hall–Kier alpha value is -2.50. The van der Waals surface area contributed by atoms with Gasteiger partial charge in [0, 0.05) is 24.5 Å². The fourth-order valence-corrected chi connectivity index (χ4v) is 4.22. The number of rotatable bonds is 5. The molecule has 0 N–H and O–H groups in total. The van der Waals surface area contributed by atoms with Gasteiger partial charge in [-0.3, -0.25) is 9.48 Å². The van der Waals surface area contributed by atoms with Crippen LogP contribution in [0.5, 0.6) is 11.5 Å². The molecule has 2 unspecified atom stereocenters. The van der Waals surface area contributed by atoms with E-state index in [0.717, 1.165) is 25.7 Å². The molecular formula is C19H23N3O3. The van der Waals surface area contributed by atoms with E-state index in [0.29, 0.717) is 29.6 Å². The summed E-state index contributed by atoms with van der Waals surface area (Å²) in [6.07, 6.45) is 7.93. The monoisotopic (exact) mass is 341 g/mol. The van der Waals surface area contributed by atoms with Gasteiger partial charge in [-0.15, -0.1) is 0 Å². The molecular weight excluding hydrogens is 318 g/mol. The van der Waals surface area contributed by atoms with Crippen LogP contribution < -0.4 is 9.47 Å². The Morgan fingerprint density at radius 1 is 1.12 bits per heavy atom. The summed E-state index contributed by atoms with van der Waals surface area (Å²) in [5, 5.41) is 4.38. The summed E-state index contributed by atoms with van der Waals surface area (Å²) in [5.41, 5.74) is 0. The number of hydrogen-bond acceptors (Lipinski definition) is 4. The minimum atomic E-state index is 0.0554. The first-order chi connectivity index (χ1) is 12.3. The molecule has 132 valence electrons. The fraction of sp³-hybridized carbons (Fsp3) is 0.474. The van der Waals surface area contributed by atoms with Gasteiger partial charge in [0.1, 0.15) is 0 Å².